The number of methoxy groups -OCH3 is 1. The number of rotatable bonds is 3. The molecule has 4 nitrogen and oxygen atoms in total. The van der Waals surface area contributed by atoms with E-state index in [1.54, 1.807) is 18.2 Å². The van der Waals surface area contributed by atoms with E-state index in [9.17, 15) is 4.79 Å². The zero-order valence-electron chi connectivity index (χ0n) is 7.62. The molecule has 0 aromatic heterocycles. The lowest BCUT2D eigenvalue weighted by Crippen LogP contribution is -2.12. The van der Waals surface area contributed by atoms with Gasteiger partial charge in [0.1, 0.15) is 5.75 Å². The average Bonchev–Trinajstić information content (AvgIpc) is 2.20. The van der Waals surface area contributed by atoms with Gasteiger partial charge in [-0.25, -0.2) is 4.79 Å². The maximum atomic E-state index is 10.8. The lowest BCUT2D eigenvalue weighted by molar-refractivity contribution is -0.142. The molecule has 0 bridgehead atoms. The molecular formula is C9H10BrNO3. The molecule has 76 valence electrons. The van der Waals surface area contributed by atoms with E-state index in [4.69, 9.17) is 10.5 Å². The van der Waals surface area contributed by atoms with E-state index in [0.29, 0.717) is 15.9 Å². The molecule has 0 radical (unpaired) electrons. The average molecular weight is 260 g/mol. The number of carbonyl (C=O) groups is 1. The summed E-state index contributed by atoms with van der Waals surface area (Å²) >= 11 is 3.25. The first kappa shape index (κ1) is 10.8. The predicted molar refractivity (Wildman–Crippen MR) is 56.1 cm³/mol. The molecule has 0 atom stereocenters. The quantitative estimate of drug-likeness (QED) is 0.662. The summed E-state index contributed by atoms with van der Waals surface area (Å²) in [5, 5.41) is 0. The van der Waals surface area contributed by atoms with Crippen molar-refractivity contribution in [3.63, 3.8) is 0 Å². The highest BCUT2D eigenvalue weighted by Crippen LogP contribution is 2.30. The van der Waals surface area contributed by atoms with Crippen molar-refractivity contribution < 1.29 is 14.3 Å². The molecule has 2 N–H and O–H groups in total. The van der Waals surface area contributed by atoms with Crippen LogP contribution in [0, 0.1) is 0 Å². The standard InChI is InChI=1S/C9H10BrNO3/c1-13-8(12)5-14-7-4-2-3-6(11)9(7)10/h2-4H,5,11H2,1H3. The molecule has 0 saturated carbocycles. The molecule has 0 unspecified atom stereocenters. The first-order chi connectivity index (χ1) is 6.65. The lowest BCUT2D eigenvalue weighted by Gasteiger charge is -2.07. The maximum Gasteiger partial charge on any atom is 0.343 e. The number of anilines is 1. The molecular weight excluding hydrogens is 250 g/mol. The first-order valence-corrected chi connectivity index (χ1v) is 4.68. The van der Waals surface area contributed by atoms with Crippen molar-refractivity contribution in [3.8, 4) is 5.75 Å². The Morgan fingerprint density at radius 1 is 1.57 bits per heavy atom. The van der Waals surface area contributed by atoms with Gasteiger partial charge in [-0.15, -0.1) is 0 Å². The van der Waals surface area contributed by atoms with Gasteiger partial charge in [-0.3, -0.25) is 0 Å². The van der Waals surface area contributed by atoms with Crippen LogP contribution in [0.5, 0.6) is 5.75 Å². The summed E-state index contributed by atoms with van der Waals surface area (Å²) in [5.41, 5.74) is 6.18. The van der Waals surface area contributed by atoms with Crippen LogP contribution in [0.2, 0.25) is 0 Å². The summed E-state index contributed by atoms with van der Waals surface area (Å²) in [4.78, 5) is 10.8. The number of ether oxygens (including phenoxy) is 2. The monoisotopic (exact) mass is 259 g/mol. The largest absolute Gasteiger partial charge is 0.481 e. The number of nitrogens with two attached hydrogens (primary N) is 1. The number of esters is 1. The second kappa shape index (κ2) is 4.85. The summed E-state index contributed by atoms with van der Waals surface area (Å²) in [6.07, 6.45) is 0. The van der Waals surface area contributed by atoms with Crippen LogP contribution in [-0.4, -0.2) is 19.7 Å². The van der Waals surface area contributed by atoms with E-state index in [2.05, 4.69) is 20.7 Å². The molecule has 5 heteroatoms. The smallest absolute Gasteiger partial charge is 0.343 e. The SMILES string of the molecule is COC(=O)COc1cccc(N)c1Br. The highest BCUT2D eigenvalue weighted by atomic mass is 79.9. The van der Waals surface area contributed by atoms with Crippen LogP contribution >= 0.6 is 15.9 Å². The van der Waals surface area contributed by atoms with Crippen LogP contribution in [-0.2, 0) is 9.53 Å². The summed E-state index contributed by atoms with van der Waals surface area (Å²) in [5.74, 6) is 0.0923. The minimum absolute atomic E-state index is 0.126. The first-order valence-electron chi connectivity index (χ1n) is 3.88. The van der Waals surface area contributed by atoms with Crippen LogP contribution in [0.25, 0.3) is 0 Å². The van der Waals surface area contributed by atoms with Crippen molar-refractivity contribution in [1.82, 2.24) is 0 Å². The fourth-order valence-corrected chi connectivity index (χ4v) is 1.21. The van der Waals surface area contributed by atoms with Gasteiger partial charge in [-0.05, 0) is 28.1 Å². The summed E-state index contributed by atoms with van der Waals surface area (Å²) < 4.78 is 10.2. The van der Waals surface area contributed by atoms with Crippen LogP contribution < -0.4 is 10.5 Å². The van der Waals surface area contributed by atoms with Gasteiger partial charge in [0.05, 0.1) is 11.6 Å². The molecule has 14 heavy (non-hydrogen) atoms. The van der Waals surface area contributed by atoms with E-state index in [-0.39, 0.29) is 6.61 Å². The van der Waals surface area contributed by atoms with E-state index in [1.807, 2.05) is 0 Å². The molecule has 0 amide bonds. The second-order valence-corrected chi connectivity index (χ2v) is 3.32. The van der Waals surface area contributed by atoms with Crippen molar-refractivity contribution in [2.75, 3.05) is 19.5 Å². The summed E-state index contributed by atoms with van der Waals surface area (Å²) in [7, 11) is 1.31. The van der Waals surface area contributed by atoms with Crippen LogP contribution in [0.15, 0.2) is 22.7 Å². The minimum Gasteiger partial charge on any atom is -0.481 e. The van der Waals surface area contributed by atoms with Crippen LogP contribution in [0.3, 0.4) is 0 Å². The lowest BCUT2D eigenvalue weighted by atomic mass is 10.3. The Kier molecular flexibility index (Phi) is 3.76. The molecule has 0 aliphatic carbocycles. The van der Waals surface area contributed by atoms with Gasteiger partial charge in [-0.2, -0.15) is 0 Å². The Hall–Kier alpha value is -1.23. The van der Waals surface area contributed by atoms with Crippen LogP contribution in [0.1, 0.15) is 0 Å². The third-order valence-electron chi connectivity index (χ3n) is 1.57. The summed E-state index contributed by atoms with van der Waals surface area (Å²) in [6, 6.07) is 5.19. The highest BCUT2D eigenvalue weighted by molar-refractivity contribution is 9.10. The van der Waals surface area contributed by atoms with Gasteiger partial charge in [0.2, 0.25) is 0 Å². The fourth-order valence-electron chi connectivity index (χ4n) is 0.835. The van der Waals surface area contributed by atoms with Crippen LogP contribution in [0.4, 0.5) is 5.69 Å². The van der Waals surface area contributed by atoms with Gasteiger partial charge in [0.15, 0.2) is 6.61 Å². The normalized spacial score (nSPS) is 9.57. The molecule has 0 spiro atoms. The fraction of sp³-hybridized carbons (Fsp3) is 0.222. The summed E-state index contributed by atoms with van der Waals surface area (Å²) in [6.45, 7) is -0.126. The topological polar surface area (TPSA) is 61.5 Å². The van der Waals surface area contributed by atoms with Crippen molar-refractivity contribution in [2.24, 2.45) is 0 Å². The zero-order valence-corrected chi connectivity index (χ0v) is 9.21. The Labute approximate surface area is 90.1 Å². The van der Waals surface area contributed by atoms with Crippen molar-refractivity contribution >= 4 is 27.6 Å². The molecule has 0 saturated heterocycles. The number of hydrogen-bond donors (Lipinski definition) is 1. The molecule has 0 fully saturated rings. The number of carbonyl (C=O) groups excluding carboxylic acids is 1. The minimum atomic E-state index is -0.431. The van der Waals surface area contributed by atoms with Gasteiger partial charge >= 0.3 is 5.97 Å². The number of nitrogen functional groups attached to an aromatic ring is 1. The van der Waals surface area contributed by atoms with E-state index in [0.717, 1.165) is 0 Å². The molecule has 1 aromatic carbocycles. The number of hydrogen-bond acceptors (Lipinski definition) is 4. The van der Waals surface area contributed by atoms with Crippen molar-refractivity contribution in [1.29, 1.82) is 0 Å². The third kappa shape index (κ3) is 2.63. The Bertz CT molecular complexity index is 341. The Morgan fingerprint density at radius 3 is 2.93 bits per heavy atom. The maximum absolute atomic E-state index is 10.8. The zero-order chi connectivity index (χ0) is 10.6. The van der Waals surface area contributed by atoms with E-state index < -0.39 is 5.97 Å². The Morgan fingerprint density at radius 2 is 2.29 bits per heavy atom. The molecule has 0 aliphatic heterocycles. The van der Waals surface area contributed by atoms with Gasteiger partial charge < -0.3 is 15.2 Å². The number of halogens is 1. The number of benzene rings is 1. The van der Waals surface area contributed by atoms with Gasteiger partial charge in [0, 0.05) is 5.69 Å². The highest BCUT2D eigenvalue weighted by Gasteiger charge is 2.06. The van der Waals surface area contributed by atoms with Crippen molar-refractivity contribution in [3.05, 3.63) is 22.7 Å². The molecule has 0 heterocycles. The molecule has 0 aliphatic rings. The molecule has 1 rings (SSSR count). The second-order valence-electron chi connectivity index (χ2n) is 2.52. The van der Waals surface area contributed by atoms with Crippen molar-refractivity contribution in [2.45, 2.75) is 0 Å². The predicted octanol–water partition coefficient (Wildman–Crippen LogP) is 1.58. The van der Waals surface area contributed by atoms with Gasteiger partial charge in [-0.1, -0.05) is 6.07 Å². The van der Waals surface area contributed by atoms with Gasteiger partial charge in [0.25, 0.3) is 0 Å². The Balaban J connectivity index is 2.68. The van der Waals surface area contributed by atoms with E-state index >= 15 is 0 Å². The van der Waals surface area contributed by atoms with E-state index in [1.165, 1.54) is 7.11 Å². The third-order valence-corrected chi connectivity index (χ3v) is 2.41. The molecule has 1 aromatic rings.